The quantitative estimate of drug-likeness (QED) is 0.872. The van der Waals surface area contributed by atoms with Crippen LogP contribution in [0.2, 0.25) is 0 Å². The van der Waals surface area contributed by atoms with Crippen molar-refractivity contribution < 1.29 is 13.9 Å². The molecular formula is C16H19NO4. The van der Waals surface area contributed by atoms with Gasteiger partial charge in [-0.05, 0) is 33.8 Å². The molecule has 1 aromatic carbocycles. The molecule has 2 aromatic rings. The van der Waals surface area contributed by atoms with E-state index in [9.17, 15) is 4.79 Å². The van der Waals surface area contributed by atoms with Gasteiger partial charge < -0.3 is 13.9 Å². The molecule has 21 heavy (non-hydrogen) atoms. The summed E-state index contributed by atoms with van der Waals surface area (Å²) in [4.78, 5) is 12.2. The largest absolute Gasteiger partial charge is 0.485 e. The minimum absolute atomic E-state index is 0.261. The lowest BCUT2D eigenvalue weighted by molar-refractivity contribution is 0.138. The molecule has 5 nitrogen and oxygen atoms in total. The maximum atomic E-state index is 12.2. The molecule has 2 heterocycles. The summed E-state index contributed by atoms with van der Waals surface area (Å²) >= 11 is 0. The van der Waals surface area contributed by atoms with Gasteiger partial charge in [-0.15, -0.1) is 0 Å². The van der Waals surface area contributed by atoms with E-state index in [1.807, 2.05) is 39.0 Å². The third-order valence-electron chi connectivity index (χ3n) is 3.58. The number of benzene rings is 1. The number of hydrogen-bond acceptors (Lipinski definition) is 4. The first-order valence-corrected chi connectivity index (χ1v) is 7.09. The van der Waals surface area contributed by atoms with E-state index in [4.69, 9.17) is 13.9 Å². The summed E-state index contributed by atoms with van der Waals surface area (Å²) in [5.74, 6) is 0.548. The summed E-state index contributed by atoms with van der Waals surface area (Å²) in [6, 6.07) is 5.82. The van der Waals surface area contributed by atoms with Crippen LogP contribution in [0.1, 0.15) is 32.0 Å². The van der Waals surface area contributed by atoms with Crippen molar-refractivity contribution >= 4 is 0 Å². The van der Waals surface area contributed by atoms with Gasteiger partial charge in [0.05, 0.1) is 12.3 Å². The SMILES string of the molecule is CCOc1oc(=O)n(-c2cccc3c2OC(C)(C)C3)c1C. The summed E-state index contributed by atoms with van der Waals surface area (Å²) in [5, 5.41) is 0. The van der Waals surface area contributed by atoms with E-state index in [1.165, 1.54) is 4.57 Å². The van der Waals surface area contributed by atoms with Gasteiger partial charge in [-0.1, -0.05) is 12.1 Å². The molecule has 0 atom stereocenters. The zero-order valence-corrected chi connectivity index (χ0v) is 12.7. The Morgan fingerprint density at radius 1 is 1.38 bits per heavy atom. The smallest absolute Gasteiger partial charge is 0.426 e. The maximum absolute atomic E-state index is 12.2. The van der Waals surface area contributed by atoms with Crippen LogP contribution < -0.4 is 15.2 Å². The highest BCUT2D eigenvalue weighted by atomic mass is 16.6. The van der Waals surface area contributed by atoms with Gasteiger partial charge in [-0.2, -0.15) is 0 Å². The van der Waals surface area contributed by atoms with E-state index >= 15 is 0 Å². The lowest BCUT2D eigenvalue weighted by atomic mass is 10.0. The van der Waals surface area contributed by atoms with Crippen molar-refractivity contribution in [1.29, 1.82) is 0 Å². The lowest BCUT2D eigenvalue weighted by Crippen LogP contribution is -2.25. The van der Waals surface area contributed by atoms with Crippen molar-refractivity contribution in [1.82, 2.24) is 4.57 Å². The molecule has 112 valence electrons. The molecule has 1 aliphatic heterocycles. The van der Waals surface area contributed by atoms with Gasteiger partial charge in [0.25, 0.3) is 0 Å². The first-order chi connectivity index (χ1) is 9.93. The third kappa shape index (κ3) is 2.22. The average Bonchev–Trinajstić information content (AvgIpc) is 2.86. The Bertz CT molecular complexity index is 739. The molecule has 0 amide bonds. The van der Waals surface area contributed by atoms with Crippen LogP contribution in [-0.4, -0.2) is 16.8 Å². The third-order valence-corrected chi connectivity index (χ3v) is 3.58. The second kappa shape index (κ2) is 4.69. The van der Waals surface area contributed by atoms with Gasteiger partial charge in [-0.25, -0.2) is 9.36 Å². The van der Waals surface area contributed by atoms with Crippen LogP contribution in [-0.2, 0) is 6.42 Å². The molecule has 0 bridgehead atoms. The molecule has 0 N–H and O–H groups in total. The van der Waals surface area contributed by atoms with Gasteiger partial charge in [0.15, 0.2) is 0 Å². The molecule has 0 spiro atoms. The number of ether oxygens (including phenoxy) is 2. The fourth-order valence-electron chi connectivity index (χ4n) is 2.75. The topological polar surface area (TPSA) is 53.6 Å². The minimum Gasteiger partial charge on any atom is -0.485 e. The predicted octanol–water partition coefficient (Wildman–Crippen LogP) is 2.85. The van der Waals surface area contributed by atoms with Crippen LogP contribution in [0.15, 0.2) is 27.4 Å². The minimum atomic E-state index is -0.461. The molecule has 0 unspecified atom stereocenters. The highest BCUT2D eigenvalue weighted by molar-refractivity contribution is 5.55. The molecular weight excluding hydrogens is 270 g/mol. The number of nitrogens with zero attached hydrogens (tertiary/aromatic N) is 1. The van der Waals surface area contributed by atoms with E-state index in [0.717, 1.165) is 17.7 Å². The van der Waals surface area contributed by atoms with Gasteiger partial charge in [0.1, 0.15) is 17.0 Å². The van der Waals surface area contributed by atoms with Gasteiger partial charge >= 0.3 is 11.7 Å². The Morgan fingerprint density at radius 3 is 2.86 bits per heavy atom. The maximum Gasteiger partial charge on any atom is 0.426 e. The van der Waals surface area contributed by atoms with Crippen LogP contribution in [0.4, 0.5) is 0 Å². The zero-order valence-electron chi connectivity index (χ0n) is 12.7. The molecule has 1 aromatic heterocycles. The molecule has 1 aliphatic rings. The van der Waals surface area contributed by atoms with Gasteiger partial charge in [0.2, 0.25) is 0 Å². The average molecular weight is 289 g/mol. The zero-order chi connectivity index (χ0) is 15.2. The van der Waals surface area contributed by atoms with Crippen molar-refractivity contribution in [3.05, 3.63) is 40.0 Å². The van der Waals surface area contributed by atoms with Crippen LogP contribution in [0.5, 0.6) is 11.7 Å². The highest BCUT2D eigenvalue weighted by Crippen LogP contribution is 2.39. The number of hydrogen-bond donors (Lipinski definition) is 0. The fraction of sp³-hybridized carbons (Fsp3) is 0.438. The number of oxazole rings is 1. The summed E-state index contributed by atoms with van der Waals surface area (Å²) in [6.45, 7) is 8.17. The Hall–Kier alpha value is -2.17. The van der Waals surface area contributed by atoms with Crippen molar-refractivity contribution in [2.45, 2.75) is 39.7 Å². The summed E-state index contributed by atoms with van der Waals surface area (Å²) in [7, 11) is 0. The van der Waals surface area contributed by atoms with Crippen LogP contribution >= 0.6 is 0 Å². The first-order valence-electron chi connectivity index (χ1n) is 7.09. The van der Waals surface area contributed by atoms with E-state index in [1.54, 1.807) is 6.92 Å². The molecule has 5 heteroatoms. The Balaban J connectivity index is 2.16. The summed E-state index contributed by atoms with van der Waals surface area (Å²) in [5.41, 5.74) is 2.18. The fourth-order valence-corrected chi connectivity index (χ4v) is 2.75. The number of fused-ring (bicyclic) bond motifs is 1. The molecule has 0 saturated carbocycles. The monoisotopic (exact) mass is 289 g/mol. The molecule has 3 rings (SSSR count). The van der Waals surface area contributed by atoms with Crippen molar-refractivity contribution in [2.75, 3.05) is 6.61 Å². The van der Waals surface area contributed by atoms with Gasteiger partial charge in [-0.3, -0.25) is 0 Å². The Morgan fingerprint density at radius 2 is 2.14 bits per heavy atom. The summed E-state index contributed by atoms with van der Waals surface area (Å²) < 4.78 is 18.1. The van der Waals surface area contributed by atoms with Crippen molar-refractivity contribution in [2.24, 2.45) is 0 Å². The van der Waals surface area contributed by atoms with Crippen LogP contribution in [0, 0.1) is 6.92 Å². The molecule has 0 saturated heterocycles. The Labute approximate surface area is 123 Å². The van der Waals surface area contributed by atoms with E-state index in [-0.39, 0.29) is 11.5 Å². The standard InChI is InChI=1S/C16H19NO4/c1-5-19-14-10(2)17(15(18)20-14)12-8-6-7-11-9-16(3,4)21-13(11)12/h6-8H,5,9H2,1-4H3. The number of para-hydroxylation sites is 1. The molecule has 0 radical (unpaired) electrons. The lowest BCUT2D eigenvalue weighted by Gasteiger charge is -2.18. The first kappa shape index (κ1) is 13.8. The van der Waals surface area contributed by atoms with E-state index in [2.05, 4.69) is 0 Å². The number of aromatic nitrogens is 1. The van der Waals surface area contributed by atoms with E-state index < -0.39 is 5.76 Å². The second-order valence-electron chi connectivity index (χ2n) is 5.81. The Kier molecular flexibility index (Phi) is 3.08. The number of rotatable bonds is 3. The molecule has 0 fully saturated rings. The van der Waals surface area contributed by atoms with Crippen LogP contribution in [0.25, 0.3) is 5.69 Å². The second-order valence-corrected chi connectivity index (χ2v) is 5.81. The molecule has 0 aliphatic carbocycles. The van der Waals surface area contributed by atoms with Crippen LogP contribution in [0.3, 0.4) is 0 Å². The highest BCUT2D eigenvalue weighted by Gasteiger charge is 2.33. The predicted molar refractivity (Wildman–Crippen MR) is 78.6 cm³/mol. The van der Waals surface area contributed by atoms with E-state index in [0.29, 0.717) is 18.0 Å². The van der Waals surface area contributed by atoms with Gasteiger partial charge in [0, 0.05) is 12.0 Å². The summed E-state index contributed by atoms with van der Waals surface area (Å²) in [6.07, 6.45) is 0.820. The normalized spacial score (nSPS) is 15.6. The van der Waals surface area contributed by atoms with Crippen molar-refractivity contribution in [3.8, 4) is 17.4 Å². The van der Waals surface area contributed by atoms with Crippen molar-refractivity contribution in [3.63, 3.8) is 0 Å².